The van der Waals surface area contributed by atoms with Crippen molar-refractivity contribution in [2.75, 3.05) is 5.32 Å². The first-order chi connectivity index (χ1) is 17.1. The third-order valence-corrected chi connectivity index (χ3v) is 6.00. The van der Waals surface area contributed by atoms with E-state index in [1.807, 2.05) is 0 Å². The normalized spacial score (nSPS) is 12.7. The Kier molecular flexibility index (Phi) is 5.58. The van der Waals surface area contributed by atoms with Crippen LogP contribution in [0.3, 0.4) is 0 Å². The summed E-state index contributed by atoms with van der Waals surface area (Å²) in [6.45, 7) is 1.75. The summed E-state index contributed by atoms with van der Waals surface area (Å²) in [5.74, 6) is -0.765. The number of nitrogens with one attached hydrogen (secondary N) is 1. The minimum atomic E-state index is -4.49. The molecule has 0 fully saturated rings. The van der Waals surface area contributed by atoms with Gasteiger partial charge in [-0.1, -0.05) is 6.07 Å². The Balaban J connectivity index is 1.62. The molecule has 0 spiro atoms. The first-order valence-electron chi connectivity index (χ1n) is 11.0. The molecule has 0 saturated carbocycles. The van der Waals surface area contributed by atoms with E-state index in [0.717, 1.165) is 12.1 Å². The zero-order chi connectivity index (χ0) is 25.6. The van der Waals surface area contributed by atoms with Gasteiger partial charge in [0.15, 0.2) is 0 Å². The highest BCUT2D eigenvalue weighted by molar-refractivity contribution is 6.06. The summed E-state index contributed by atoms with van der Waals surface area (Å²) in [4.78, 5) is 30.4. The van der Waals surface area contributed by atoms with E-state index in [2.05, 4.69) is 15.4 Å². The van der Waals surface area contributed by atoms with Gasteiger partial charge in [0, 0.05) is 36.2 Å². The number of nitrogens with zero attached hydrogens (tertiary/aromatic N) is 4. The van der Waals surface area contributed by atoms with Crippen LogP contribution >= 0.6 is 0 Å². The van der Waals surface area contributed by atoms with Crippen LogP contribution in [-0.2, 0) is 18.0 Å². The maximum Gasteiger partial charge on any atom is 0.416 e. The molecule has 5 aromatic rings. The van der Waals surface area contributed by atoms with Crippen LogP contribution in [0.5, 0.6) is 0 Å². The number of hydrogen-bond donors (Lipinski definition) is 1. The Labute approximate surface area is 202 Å². The van der Waals surface area contributed by atoms with Crippen molar-refractivity contribution in [3.63, 3.8) is 0 Å². The number of amides is 1. The van der Waals surface area contributed by atoms with Crippen molar-refractivity contribution >= 4 is 33.4 Å². The van der Waals surface area contributed by atoms with E-state index in [0.29, 0.717) is 33.2 Å². The Morgan fingerprint density at radius 1 is 1.03 bits per heavy atom. The Morgan fingerprint density at radius 2 is 1.78 bits per heavy atom. The highest BCUT2D eigenvalue weighted by Crippen LogP contribution is 2.31. The van der Waals surface area contributed by atoms with Gasteiger partial charge in [-0.05, 0) is 61.5 Å². The first-order valence-corrected chi connectivity index (χ1v) is 11.0. The predicted octanol–water partition coefficient (Wildman–Crippen LogP) is 5.03. The second-order valence-electron chi connectivity index (χ2n) is 8.45. The van der Waals surface area contributed by atoms with Crippen molar-refractivity contribution in [2.45, 2.75) is 19.0 Å². The average molecular weight is 491 g/mol. The molecule has 0 saturated heterocycles. The topological polar surface area (TPSA) is 81.8 Å². The molecule has 10 heteroatoms. The van der Waals surface area contributed by atoms with Crippen molar-refractivity contribution in [3.8, 4) is 5.69 Å². The Hall–Kier alpha value is -4.47. The lowest BCUT2D eigenvalue weighted by Gasteiger charge is -2.15. The molecule has 36 heavy (non-hydrogen) atoms. The zero-order valence-electron chi connectivity index (χ0n) is 19.2. The van der Waals surface area contributed by atoms with Crippen molar-refractivity contribution in [3.05, 3.63) is 94.7 Å². The van der Waals surface area contributed by atoms with Crippen LogP contribution in [0, 0.1) is 0 Å². The highest BCUT2D eigenvalue weighted by atomic mass is 19.4. The van der Waals surface area contributed by atoms with Crippen LogP contribution in [0.4, 0.5) is 18.9 Å². The molecule has 0 aliphatic heterocycles. The van der Waals surface area contributed by atoms with Crippen LogP contribution in [0.1, 0.15) is 24.1 Å². The lowest BCUT2D eigenvalue weighted by Crippen LogP contribution is -2.20. The second-order valence-corrected chi connectivity index (χ2v) is 8.45. The first kappa shape index (κ1) is 23.3. The van der Waals surface area contributed by atoms with E-state index in [1.165, 1.54) is 21.4 Å². The fraction of sp³-hybridized carbons (Fsp3) is 0.154. The van der Waals surface area contributed by atoms with Gasteiger partial charge in [-0.3, -0.25) is 23.8 Å². The summed E-state index contributed by atoms with van der Waals surface area (Å²) >= 11 is 0. The van der Waals surface area contributed by atoms with Crippen molar-refractivity contribution < 1.29 is 18.0 Å². The standard InChI is InChI=1S/C26H20F3N5O2/c1-15(21-5-3-4-12-30-21)24(35)31-17-8-11-22-19(13-17)23-20(14-33(2)32-23)25(36)34(22)18-9-6-16(7-10-18)26(27,28)29/h3-15H,1-2H3,(H,31,35)/t15-/m0/s1. The second kappa shape index (κ2) is 8.63. The average Bonchev–Trinajstić information content (AvgIpc) is 3.26. The van der Waals surface area contributed by atoms with E-state index in [4.69, 9.17) is 0 Å². The molecule has 5 rings (SSSR count). The third-order valence-electron chi connectivity index (χ3n) is 6.00. The lowest BCUT2D eigenvalue weighted by molar-refractivity contribution is -0.137. The summed E-state index contributed by atoms with van der Waals surface area (Å²) in [6.07, 6.45) is -1.31. The number of pyridine rings is 2. The van der Waals surface area contributed by atoms with E-state index < -0.39 is 23.2 Å². The SMILES string of the molecule is C[C@H](C(=O)Nc1ccc2c(c1)c1nn(C)cc1c(=O)n2-c1ccc(C(F)(F)F)cc1)c1ccccn1. The van der Waals surface area contributed by atoms with Crippen LogP contribution in [0.25, 0.3) is 27.5 Å². The Morgan fingerprint density at radius 3 is 2.44 bits per heavy atom. The largest absolute Gasteiger partial charge is 0.416 e. The van der Waals surface area contributed by atoms with Crippen molar-refractivity contribution in [2.24, 2.45) is 7.05 Å². The number of fused-ring (bicyclic) bond motifs is 3. The van der Waals surface area contributed by atoms with Gasteiger partial charge in [0.05, 0.1) is 28.1 Å². The molecule has 1 N–H and O–H groups in total. The maximum absolute atomic E-state index is 13.4. The molecule has 1 amide bonds. The summed E-state index contributed by atoms with van der Waals surface area (Å²) < 4.78 is 42.0. The number of rotatable bonds is 4. The van der Waals surface area contributed by atoms with Gasteiger partial charge in [-0.25, -0.2) is 0 Å². The molecule has 0 aliphatic rings. The molecular formula is C26H20F3N5O2. The number of halogens is 3. The van der Waals surface area contributed by atoms with Gasteiger partial charge in [0.25, 0.3) is 5.56 Å². The van der Waals surface area contributed by atoms with Crippen molar-refractivity contribution in [1.29, 1.82) is 0 Å². The minimum Gasteiger partial charge on any atom is -0.325 e. The van der Waals surface area contributed by atoms with Gasteiger partial charge in [-0.2, -0.15) is 18.3 Å². The fourth-order valence-corrected chi connectivity index (χ4v) is 4.14. The monoisotopic (exact) mass is 491 g/mol. The van der Waals surface area contributed by atoms with Gasteiger partial charge in [0.1, 0.15) is 5.52 Å². The summed E-state index contributed by atoms with van der Waals surface area (Å²) in [5, 5.41) is 8.16. The summed E-state index contributed by atoms with van der Waals surface area (Å²) in [5.41, 5.74) is 1.04. The predicted molar refractivity (Wildman–Crippen MR) is 130 cm³/mol. The van der Waals surface area contributed by atoms with Crippen LogP contribution < -0.4 is 10.9 Å². The number of aryl methyl sites for hydroxylation is 1. The number of carbonyl (C=O) groups excluding carboxylic acids is 1. The molecule has 3 heterocycles. The molecule has 1 atom stereocenters. The molecular weight excluding hydrogens is 471 g/mol. The number of hydrogen-bond acceptors (Lipinski definition) is 4. The number of anilines is 1. The minimum absolute atomic E-state index is 0.263. The lowest BCUT2D eigenvalue weighted by atomic mass is 10.1. The Bertz CT molecular complexity index is 1660. The van der Waals surface area contributed by atoms with E-state index in [1.54, 1.807) is 62.8 Å². The zero-order valence-corrected chi connectivity index (χ0v) is 19.2. The molecule has 7 nitrogen and oxygen atoms in total. The van der Waals surface area contributed by atoms with Crippen LogP contribution in [0.15, 0.2) is 77.9 Å². The number of aromatic nitrogens is 4. The van der Waals surface area contributed by atoms with Crippen LogP contribution in [0.2, 0.25) is 0 Å². The maximum atomic E-state index is 13.4. The molecule has 3 aromatic heterocycles. The van der Waals surface area contributed by atoms with E-state index in [-0.39, 0.29) is 11.6 Å². The number of alkyl halides is 3. The molecule has 0 bridgehead atoms. The van der Waals surface area contributed by atoms with Crippen molar-refractivity contribution in [1.82, 2.24) is 19.3 Å². The molecule has 0 aliphatic carbocycles. The molecule has 0 radical (unpaired) electrons. The van der Waals surface area contributed by atoms with Gasteiger partial charge < -0.3 is 5.32 Å². The smallest absolute Gasteiger partial charge is 0.325 e. The van der Waals surface area contributed by atoms with Crippen LogP contribution in [-0.4, -0.2) is 25.2 Å². The van der Waals surface area contributed by atoms with E-state index in [9.17, 15) is 22.8 Å². The fourth-order valence-electron chi connectivity index (χ4n) is 4.14. The summed E-state index contributed by atoms with van der Waals surface area (Å²) in [6, 6.07) is 14.7. The number of benzene rings is 2. The molecule has 0 unspecified atom stereocenters. The number of carbonyl (C=O) groups is 1. The molecule has 2 aromatic carbocycles. The highest BCUT2D eigenvalue weighted by Gasteiger charge is 2.30. The van der Waals surface area contributed by atoms with Gasteiger partial charge >= 0.3 is 6.18 Å². The quantitative estimate of drug-likeness (QED) is 0.382. The van der Waals surface area contributed by atoms with Gasteiger partial charge in [0.2, 0.25) is 5.91 Å². The summed E-state index contributed by atoms with van der Waals surface area (Å²) in [7, 11) is 1.67. The third kappa shape index (κ3) is 4.10. The van der Waals surface area contributed by atoms with Gasteiger partial charge in [-0.15, -0.1) is 0 Å². The van der Waals surface area contributed by atoms with E-state index >= 15 is 0 Å². The molecule has 182 valence electrons.